The van der Waals surface area contributed by atoms with Crippen LogP contribution in [-0.4, -0.2) is 17.0 Å². The molecule has 3 heteroatoms. The number of benzene rings is 2. The lowest BCUT2D eigenvalue weighted by molar-refractivity contribution is 0.103. The SMILES string of the molecule is CSc1ccc(C(=O)c2cnc3ccccc3c2)cc1. The lowest BCUT2D eigenvalue weighted by Crippen LogP contribution is -2.01. The highest BCUT2D eigenvalue weighted by Crippen LogP contribution is 2.19. The van der Waals surface area contributed by atoms with E-state index in [4.69, 9.17) is 0 Å². The minimum absolute atomic E-state index is 0.0101. The average molecular weight is 279 g/mol. The van der Waals surface area contributed by atoms with Crippen molar-refractivity contribution in [3.63, 3.8) is 0 Å². The van der Waals surface area contributed by atoms with Crippen molar-refractivity contribution in [2.75, 3.05) is 6.26 Å². The van der Waals surface area contributed by atoms with Gasteiger partial charge in [0.15, 0.2) is 5.78 Å². The van der Waals surface area contributed by atoms with E-state index in [1.54, 1.807) is 18.0 Å². The van der Waals surface area contributed by atoms with E-state index in [9.17, 15) is 4.79 Å². The van der Waals surface area contributed by atoms with Crippen LogP contribution in [0.25, 0.3) is 10.9 Å². The van der Waals surface area contributed by atoms with Crippen LogP contribution in [0.3, 0.4) is 0 Å². The van der Waals surface area contributed by atoms with E-state index in [-0.39, 0.29) is 5.78 Å². The van der Waals surface area contributed by atoms with Gasteiger partial charge in [0.25, 0.3) is 0 Å². The van der Waals surface area contributed by atoms with Gasteiger partial charge in [-0.3, -0.25) is 9.78 Å². The summed E-state index contributed by atoms with van der Waals surface area (Å²) in [5.74, 6) is 0.0101. The first-order valence-corrected chi connectivity index (χ1v) is 7.54. The average Bonchev–Trinajstić information content (AvgIpc) is 2.54. The van der Waals surface area contributed by atoms with Crippen molar-refractivity contribution in [1.29, 1.82) is 0 Å². The fourth-order valence-electron chi connectivity index (χ4n) is 2.10. The van der Waals surface area contributed by atoms with Crippen LogP contribution in [0.15, 0.2) is 65.7 Å². The zero-order chi connectivity index (χ0) is 13.9. The van der Waals surface area contributed by atoms with E-state index in [0.29, 0.717) is 11.1 Å². The number of thioether (sulfide) groups is 1. The Morgan fingerprint density at radius 3 is 2.50 bits per heavy atom. The van der Waals surface area contributed by atoms with E-state index in [2.05, 4.69) is 4.98 Å². The molecule has 1 heterocycles. The van der Waals surface area contributed by atoms with Gasteiger partial charge in [0, 0.05) is 27.6 Å². The number of ketones is 1. The van der Waals surface area contributed by atoms with Crippen molar-refractivity contribution < 1.29 is 4.79 Å². The second-order valence-corrected chi connectivity index (χ2v) is 5.35. The third-order valence-electron chi connectivity index (χ3n) is 3.20. The van der Waals surface area contributed by atoms with Crippen LogP contribution in [0.1, 0.15) is 15.9 Å². The zero-order valence-corrected chi connectivity index (χ0v) is 11.9. The smallest absolute Gasteiger partial charge is 0.194 e. The highest BCUT2D eigenvalue weighted by Gasteiger charge is 2.10. The minimum Gasteiger partial charge on any atom is -0.289 e. The zero-order valence-electron chi connectivity index (χ0n) is 11.0. The number of nitrogens with zero attached hydrogens (tertiary/aromatic N) is 1. The first-order valence-electron chi connectivity index (χ1n) is 6.31. The molecule has 3 rings (SSSR count). The fraction of sp³-hybridized carbons (Fsp3) is 0.0588. The van der Waals surface area contributed by atoms with E-state index < -0.39 is 0 Å². The van der Waals surface area contributed by atoms with E-state index in [1.165, 1.54) is 0 Å². The molecule has 0 amide bonds. The van der Waals surface area contributed by atoms with Crippen LogP contribution in [0.4, 0.5) is 0 Å². The molecule has 3 aromatic rings. The summed E-state index contributed by atoms with van der Waals surface area (Å²) in [5, 5.41) is 0.985. The van der Waals surface area contributed by atoms with Crippen LogP contribution in [0, 0.1) is 0 Å². The number of rotatable bonds is 3. The summed E-state index contributed by atoms with van der Waals surface area (Å²) < 4.78 is 0. The van der Waals surface area contributed by atoms with Crippen molar-refractivity contribution in [3.05, 3.63) is 71.9 Å². The lowest BCUT2D eigenvalue weighted by Gasteiger charge is -2.04. The molecule has 20 heavy (non-hydrogen) atoms. The van der Waals surface area contributed by atoms with E-state index >= 15 is 0 Å². The van der Waals surface area contributed by atoms with Gasteiger partial charge in [0.05, 0.1) is 5.52 Å². The monoisotopic (exact) mass is 279 g/mol. The summed E-state index contributed by atoms with van der Waals surface area (Å²) >= 11 is 1.66. The molecule has 98 valence electrons. The van der Waals surface area contributed by atoms with Crippen LogP contribution in [0.2, 0.25) is 0 Å². The number of hydrogen-bond donors (Lipinski definition) is 0. The van der Waals surface area contributed by atoms with Crippen LogP contribution in [-0.2, 0) is 0 Å². The van der Waals surface area contributed by atoms with Gasteiger partial charge in [0.2, 0.25) is 0 Å². The maximum Gasteiger partial charge on any atom is 0.194 e. The Kier molecular flexibility index (Phi) is 3.52. The molecule has 0 aliphatic heterocycles. The van der Waals surface area contributed by atoms with Gasteiger partial charge in [0.1, 0.15) is 0 Å². The number of carbonyl (C=O) groups excluding carboxylic acids is 1. The van der Waals surface area contributed by atoms with Crippen molar-refractivity contribution in [3.8, 4) is 0 Å². The Morgan fingerprint density at radius 1 is 1.00 bits per heavy atom. The first-order chi connectivity index (χ1) is 9.78. The third kappa shape index (κ3) is 2.45. The number of aromatic nitrogens is 1. The van der Waals surface area contributed by atoms with E-state index in [1.807, 2.05) is 60.9 Å². The number of carbonyl (C=O) groups is 1. The van der Waals surface area contributed by atoms with Crippen LogP contribution >= 0.6 is 11.8 Å². The summed E-state index contributed by atoms with van der Waals surface area (Å²) in [5.41, 5.74) is 2.22. The summed E-state index contributed by atoms with van der Waals surface area (Å²) in [4.78, 5) is 17.9. The summed E-state index contributed by atoms with van der Waals surface area (Å²) in [6.07, 6.45) is 3.66. The highest BCUT2D eigenvalue weighted by molar-refractivity contribution is 7.98. The van der Waals surface area contributed by atoms with Gasteiger partial charge in [-0.25, -0.2) is 0 Å². The molecule has 0 unspecified atom stereocenters. The number of fused-ring (bicyclic) bond motifs is 1. The summed E-state index contributed by atoms with van der Waals surface area (Å²) in [6, 6.07) is 17.4. The van der Waals surface area contributed by atoms with Gasteiger partial charge in [-0.2, -0.15) is 0 Å². The predicted molar refractivity (Wildman–Crippen MR) is 83.4 cm³/mol. The van der Waals surface area contributed by atoms with Crippen molar-refractivity contribution >= 4 is 28.4 Å². The maximum absolute atomic E-state index is 12.4. The Balaban J connectivity index is 1.98. The van der Waals surface area contributed by atoms with Crippen molar-refractivity contribution in [2.24, 2.45) is 0 Å². The predicted octanol–water partition coefficient (Wildman–Crippen LogP) is 4.19. The summed E-state index contributed by atoms with van der Waals surface area (Å²) in [7, 11) is 0. The van der Waals surface area contributed by atoms with Gasteiger partial charge in [-0.05, 0) is 42.7 Å². The molecular weight excluding hydrogens is 266 g/mol. The molecule has 2 nitrogen and oxygen atoms in total. The van der Waals surface area contributed by atoms with Gasteiger partial charge in [-0.15, -0.1) is 11.8 Å². The van der Waals surface area contributed by atoms with Crippen LogP contribution < -0.4 is 0 Å². The molecule has 0 aliphatic rings. The van der Waals surface area contributed by atoms with E-state index in [0.717, 1.165) is 15.8 Å². The molecule has 0 aliphatic carbocycles. The quantitative estimate of drug-likeness (QED) is 0.532. The molecule has 0 fully saturated rings. The molecule has 0 atom stereocenters. The lowest BCUT2D eigenvalue weighted by atomic mass is 10.0. The molecule has 1 aromatic heterocycles. The molecular formula is C17H13NOS. The largest absolute Gasteiger partial charge is 0.289 e. The number of pyridine rings is 1. The maximum atomic E-state index is 12.4. The molecule has 0 bridgehead atoms. The molecule has 0 saturated carbocycles. The Labute approximate surface area is 121 Å². The topological polar surface area (TPSA) is 30.0 Å². The highest BCUT2D eigenvalue weighted by atomic mass is 32.2. The van der Waals surface area contributed by atoms with Crippen molar-refractivity contribution in [2.45, 2.75) is 4.90 Å². The molecule has 0 radical (unpaired) electrons. The summed E-state index contributed by atoms with van der Waals surface area (Å²) in [6.45, 7) is 0. The Bertz CT molecular complexity index is 765. The number of para-hydroxylation sites is 1. The van der Waals surface area contributed by atoms with Gasteiger partial charge >= 0.3 is 0 Å². The Morgan fingerprint density at radius 2 is 1.75 bits per heavy atom. The van der Waals surface area contributed by atoms with Crippen LogP contribution in [0.5, 0.6) is 0 Å². The van der Waals surface area contributed by atoms with Gasteiger partial charge in [-0.1, -0.05) is 18.2 Å². The molecule has 0 spiro atoms. The minimum atomic E-state index is 0.0101. The standard InChI is InChI=1S/C17H13NOS/c1-20-15-8-6-12(7-9-15)17(19)14-10-13-4-2-3-5-16(13)18-11-14/h2-11H,1H3. The van der Waals surface area contributed by atoms with Crippen molar-refractivity contribution in [1.82, 2.24) is 4.98 Å². The second-order valence-electron chi connectivity index (χ2n) is 4.47. The second kappa shape index (κ2) is 5.47. The number of hydrogen-bond acceptors (Lipinski definition) is 3. The molecule has 0 N–H and O–H groups in total. The fourth-order valence-corrected chi connectivity index (χ4v) is 2.51. The molecule has 2 aromatic carbocycles. The molecule has 0 saturated heterocycles. The van der Waals surface area contributed by atoms with Gasteiger partial charge < -0.3 is 0 Å². The normalized spacial score (nSPS) is 10.7. The first kappa shape index (κ1) is 12.9. The Hall–Kier alpha value is -2.13. The third-order valence-corrected chi connectivity index (χ3v) is 3.95.